The van der Waals surface area contributed by atoms with Gasteiger partial charge in [-0.1, -0.05) is 23.8 Å². The molecule has 0 bridgehead atoms. The number of carboxylic acids is 1. The van der Waals surface area contributed by atoms with Gasteiger partial charge in [0.05, 0.1) is 24.8 Å². The number of aryl methyl sites for hydroxylation is 3. The molecule has 0 radical (unpaired) electrons. The Bertz CT molecular complexity index is 1410. The highest BCUT2D eigenvalue weighted by Gasteiger charge is 2.34. The van der Waals surface area contributed by atoms with E-state index in [1.807, 2.05) is 31.2 Å². The molecule has 1 heterocycles. The molecule has 0 spiro atoms. The number of fused-ring (bicyclic) bond motifs is 1. The summed E-state index contributed by atoms with van der Waals surface area (Å²) in [5, 5.41) is 9.69. The van der Waals surface area contributed by atoms with Gasteiger partial charge < -0.3 is 19.5 Å². The minimum absolute atomic E-state index is 0.148. The normalized spacial score (nSPS) is 12.8. The molecular formula is C28H32N2O6S. The summed E-state index contributed by atoms with van der Waals surface area (Å²) < 4.78 is 39.7. The van der Waals surface area contributed by atoms with Crippen LogP contribution in [0.15, 0.2) is 53.4 Å². The molecule has 0 atom stereocenters. The first-order valence-corrected chi connectivity index (χ1v) is 13.4. The molecule has 0 saturated heterocycles. The molecule has 0 aliphatic carbocycles. The Kier molecular flexibility index (Phi) is 7.36. The van der Waals surface area contributed by atoms with Crippen LogP contribution < -0.4 is 18.7 Å². The van der Waals surface area contributed by atoms with Crippen LogP contribution in [-0.4, -0.2) is 46.8 Å². The van der Waals surface area contributed by atoms with E-state index in [4.69, 9.17) is 9.47 Å². The molecule has 9 heteroatoms. The average Bonchev–Trinajstić information content (AvgIpc) is 3.24. The summed E-state index contributed by atoms with van der Waals surface area (Å²) in [5.41, 5.74) is 5.19. The predicted octanol–water partition coefficient (Wildman–Crippen LogP) is 4.47. The van der Waals surface area contributed by atoms with Crippen LogP contribution in [0.1, 0.15) is 27.8 Å². The summed E-state index contributed by atoms with van der Waals surface area (Å²) in [5.74, 6) is 0.150. The topological polar surface area (TPSA) is 96.4 Å². The molecule has 1 aliphatic rings. The van der Waals surface area contributed by atoms with E-state index in [9.17, 15) is 18.3 Å². The van der Waals surface area contributed by atoms with Crippen LogP contribution in [0.2, 0.25) is 0 Å². The minimum atomic E-state index is -4.14. The number of ether oxygens (including phenoxy) is 2. The van der Waals surface area contributed by atoms with Crippen molar-refractivity contribution in [1.29, 1.82) is 0 Å². The van der Waals surface area contributed by atoms with E-state index in [0.29, 0.717) is 47.8 Å². The Morgan fingerprint density at radius 2 is 1.62 bits per heavy atom. The Labute approximate surface area is 218 Å². The van der Waals surface area contributed by atoms with Gasteiger partial charge in [-0.15, -0.1) is 0 Å². The van der Waals surface area contributed by atoms with Crippen LogP contribution in [0.3, 0.4) is 0 Å². The molecule has 8 nitrogen and oxygen atoms in total. The molecule has 0 saturated carbocycles. The van der Waals surface area contributed by atoms with Gasteiger partial charge in [0, 0.05) is 30.4 Å². The fraction of sp³-hybridized carbons (Fsp3) is 0.321. The van der Waals surface area contributed by atoms with E-state index in [-0.39, 0.29) is 4.90 Å². The molecule has 1 aliphatic heterocycles. The number of hydrogen-bond acceptors (Lipinski definition) is 6. The lowest BCUT2D eigenvalue weighted by molar-refractivity contribution is -0.135. The Hall–Kier alpha value is -3.72. The summed E-state index contributed by atoms with van der Waals surface area (Å²) in [6.07, 6.45) is 0.587. The van der Waals surface area contributed by atoms with E-state index in [1.165, 1.54) is 0 Å². The highest BCUT2D eigenvalue weighted by Crippen LogP contribution is 2.39. The van der Waals surface area contributed by atoms with E-state index in [0.717, 1.165) is 26.7 Å². The predicted molar refractivity (Wildman–Crippen MR) is 144 cm³/mol. The number of rotatable bonds is 9. The number of nitrogens with zero attached hydrogens (tertiary/aromatic N) is 2. The van der Waals surface area contributed by atoms with Crippen LogP contribution in [-0.2, 0) is 27.8 Å². The smallest absolute Gasteiger partial charge is 0.324 e. The zero-order valence-corrected chi connectivity index (χ0v) is 22.6. The molecule has 3 aromatic rings. The number of anilines is 2. The van der Waals surface area contributed by atoms with Crippen molar-refractivity contribution in [3.05, 3.63) is 76.3 Å². The first kappa shape index (κ1) is 26.3. The molecule has 0 amide bonds. The Balaban J connectivity index is 1.76. The highest BCUT2D eigenvalue weighted by atomic mass is 32.2. The van der Waals surface area contributed by atoms with Crippen molar-refractivity contribution in [1.82, 2.24) is 0 Å². The van der Waals surface area contributed by atoms with Crippen LogP contribution >= 0.6 is 0 Å². The molecule has 0 aromatic heterocycles. The lowest BCUT2D eigenvalue weighted by atomic mass is 10.1. The first-order valence-electron chi connectivity index (χ1n) is 12.0. The van der Waals surface area contributed by atoms with Crippen LogP contribution in [0.25, 0.3) is 0 Å². The molecule has 196 valence electrons. The van der Waals surface area contributed by atoms with Gasteiger partial charge in [0.1, 0.15) is 18.0 Å². The van der Waals surface area contributed by atoms with Gasteiger partial charge in [-0.25, -0.2) is 8.42 Å². The first-order chi connectivity index (χ1) is 17.5. The second kappa shape index (κ2) is 10.3. The number of carbonyl (C=O) groups is 1. The summed E-state index contributed by atoms with van der Waals surface area (Å²) >= 11 is 0. The van der Waals surface area contributed by atoms with Gasteiger partial charge in [0.2, 0.25) is 0 Å². The van der Waals surface area contributed by atoms with Crippen LogP contribution in [0.4, 0.5) is 11.4 Å². The fourth-order valence-corrected chi connectivity index (χ4v) is 7.03. The maximum atomic E-state index is 14.0. The van der Waals surface area contributed by atoms with E-state index in [1.54, 1.807) is 52.3 Å². The van der Waals surface area contributed by atoms with Crippen molar-refractivity contribution >= 4 is 27.4 Å². The summed E-state index contributed by atoms with van der Waals surface area (Å²) in [4.78, 5) is 14.2. The van der Waals surface area contributed by atoms with Crippen LogP contribution in [0.5, 0.6) is 11.5 Å². The van der Waals surface area contributed by atoms with Gasteiger partial charge in [0.25, 0.3) is 10.0 Å². The molecule has 1 N–H and O–H groups in total. The summed E-state index contributed by atoms with van der Waals surface area (Å²) in [7, 11) is -0.938. The molecule has 3 aromatic carbocycles. The average molecular weight is 525 g/mol. The number of carboxylic acid groups (broad SMARTS) is 1. The number of hydrogen-bond donors (Lipinski definition) is 1. The monoisotopic (exact) mass is 524 g/mol. The van der Waals surface area contributed by atoms with Crippen LogP contribution in [0, 0.1) is 20.8 Å². The van der Waals surface area contributed by atoms with Gasteiger partial charge in [-0.05, 0) is 68.1 Å². The molecule has 4 rings (SSSR count). The quantitative estimate of drug-likeness (QED) is 0.441. The van der Waals surface area contributed by atoms with Crippen molar-refractivity contribution in [2.75, 3.05) is 36.5 Å². The maximum Gasteiger partial charge on any atom is 0.324 e. The van der Waals surface area contributed by atoms with Gasteiger partial charge in [0.15, 0.2) is 0 Å². The number of sulfonamides is 1. The third-order valence-corrected chi connectivity index (χ3v) is 8.65. The van der Waals surface area contributed by atoms with Crippen molar-refractivity contribution < 1.29 is 27.8 Å². The standard InChI is InChI=1S/C28H32N2O6S/c1-18-11-19(2)28(20(3)12-18)37(33,34)30(17-27(31)32)26-8-6-7-25-24(26)9-10-29(25)16-21-13-22(35-4)15-23(14-21)36-5/h6-8,11-15H,9-10,16-17H2,1-5H3,(H,31,32). The van der Waals surface area contributed by atoms with Crippen molar-refractivity contribution in [3.8, 4) is 11.5 Å². The SMILES string of the molecule is COc1cc(CN2CCc3c2cccc3N(CC(=O)O)S(=O)(=O)c2c(C)cc(C)cc2C)cc(OC)c1. The highest BCUT2D eigenvalue weighted by molar-refractivity contribution is 7.93. The molecule has 37 heavy (non-hydrogen) atoms. The van der Waals surface area contributed by atoms with Gasteiger partial charge in [-0.2, -0.15) is 0 Å². The second-order valence-electron chi connectivity index (χ2n) is 9.30. The third kappa shape index (κ3) is 5.22. The van der Waals surface area contributed by atoms with Gasteiger partial charge >= 0.3 is 5.97 Å². The second-order valence-corrected chi connectivity index (χ2v) is 11.1. The minimum Gasteiger partial charge on any atom is -0.497 e. The zero-order valence-electron chi connectivity index (χ0n) is 21.7. The van der Waals surface area contributed by atoms with E-state index < -0.39 is 22.5 Å². The Morgan fingerprint density at radius 1 is 1.00 bits per heavy atom. The van der Waals surface area contributed by atoms with Crippen molar-refractivity contribution in [2.24, 2.45) is 0 Å². The summed E-state index contributed by atoms with van der Waals surface area (Å²) in [6, 6.07) is 14.7. The number of benzene rings is 3. The van der Waals surface area contributed by atoms with Crippen molar-refractivity contribution in [2.45, 2.75) is 38.6 Å². The fourth-order valence-electron chi connectivity index (χ4n) is 5.16. The number of methoxy groups -OCH3 is 2. The van der Waals surface area contributed by atoms with E-state index >= 15 is 0 Å². The zero-order chi connectivity index (χ0) is 26.9. The molecule has 0 fully saturated rings. The number of aliphatic carboxylic acids is 1. The summed E-state index contributed by atoms with van der Waals surface area (Å²) in [6.45, 7) is 5.94. The van der Waals surface area contributed by atoms with E-state index in [2.05, 4.69) is 4.90 Å². The van der Waals surface area contributed by atoms with Gasteiger partial charge in [-0.3, -0.25) is 9.10 Å². The maximum absolute atomic E-state index is 14.0. The van der Waals surface area contributed by atoms with Crippen molar-refractivity contribution in [3.63, 3.8) is 0 Å². The third-order valence-electron chi connectivity index (χ3n) is 6.58. The Morgan fingerprint density at radius 3 is 2.19 bits per heavy atom. The lowest BCUT2D eigenvalue weighted by Crippen LogP contribution is -2.37. The molecular weight excluding hydrogens is 492 g/mol. The lowest BCUT2D eigenvalue weighted by Gasteiger charge is -2.27. The largest absolute Gasteiger partial charge is 0.497 e. The molecule has 0 unspecified atom stereocenters.